The molecule has 210 valence electrons. The van der Waals surface area contributed by atoms with Crippen molar-refractivity contribution in [2.24, 2.45) is 0 Å². The van der Waals surface area contributed by atoms with Gasteiger partial charge in [0.1, 0.15) is 5.82 Å². The number of H-pyrrole nitrogens is 1. The lowest BCUT2D eigenvalue weighted by atomic mass is 9.99. The van der Waals surface area contributed by atoms with Crippen LogP contribution in [0.25, 0.3) is 22.0 Å². The number of nitrogens with one attached hydrogen (secondary N) is 2. The Morgan fingerprint density at radius 2 is 1.82 bits per heavy atom. The van der Waals surface area contributed by atoms with E-state index < -0.39 is 17.5 Å². The van der Waals surface area contributed by atoms with Crippen LogP contribution in [-0.2, 0) is 6.54 Å². The standard InChI is InChI=1S/C30H35F2N7O/c1-37(2)13-14-38(3)27-10-8-22(18-33-27)34-30(40)29-24-17-21(7-9-26(24)35-36-29)23-15-20(16-25(31)28(23)32)19-39-11-5-4-6-12-39/h7-10,15-18H,4-6,11-14,19H2,1-3H3,(H,34,40)(H,35,36). The summed E-state index contributed by atoms with van der Waals surface area (Å²) < 4.78 is 29.6. The second-order valence-corrected chi connectivity index (χ2v) is 10.7. The van der Waals surface area contributed by atoms with E-state index in [-0.39, 0.29) is 11.3 Å². The maximum absolute atomic E-state index is 15.0. The minimum Gasteiger partial charge on any atom is -0.358 e. The predicted molar refractivity (Wildman–Crippen MR) is 155 cm³/mol. The summed E-state index contributed by atoms with van der Waals surface area (Å²) in [5, 5.41) is 10.4. The Kier molecular flexibility index (Phi) is 8.37. The average Bonchev–Trinajstić information content (AvgIpc) is 3.38. The molecule has 0 atom stereocenters. The van der Waals surface area contributed by atoms with E-state index in [9.17, 15) is 13.6 Å². The van der Waals surface area contributed by atoms with Gasteiger partial charge >= 0.3 is 0 Å². The molecule has 1 amide bonds. The number of carbonyl (C=O) groups excluding carboxylic acids is 1. The second-order valence-electron chi connectivity index (χ2n) is 10.7. The van der Waals surface area contributed by atoms with Gasteiger partial charge < -0.3 is 15.1 Å². The van der Waals surface area contributed by atoms with Crippen molar-refractivity contribution in [2.45, 2.75) is 25.8 Å². The van der Waals surface area contributed by atoms with Crippen molar-refractivity contribution < 1.29 is 13.6 Å². The first kappa shape index (κ1) is 27.7. The third kappa shape index (κ3) is 6.29. The van der Waals surface area contributed by atoms with E-state index in [4.69, 9.17) is 0 Å². The van der Waals surface area contributed by atoms with Crippen LogP contribution in [0, 0.1) is 11.6 Å². The highest BCUT2D eigenvalue weighted by molar-refractivity contribution is 6.11. The van der Waals surface area contributed by atoms with Crippen molar-refractivity contribution in [2.75, 3.05) is 57.5 Å². The van der Waals surface area contributed by atoms with Crippen molar-refractivity contribution in [1.82, 2.24) is 25.0 Å². The average molecular weight is 548 g/mol. The molecular weight excluding hydrogens is 512 g/mol. The number of hydrogen-bond donors (Lipinski definition) is 2. The van der Waals surface area contributed by atoms with E-state index in [2.05, 4.69) is 30.3 Å². The minimum atomic E-state index is -0.905. The normalized spacial score (nSPS) is 14.2. The number of piperidine rings is 1. The summed E-state index contributed by atoms with van der Waals surface area (Å²) in [5.41, 5.74) is 2.68. The van der Waals surface area contributed by atoms with Crippen LogP contribution in [0.5, 0.6) is 0 Å². The number of nitrogens with zero attached hydrogens (tertiary/aromatic N) is 5. The molecule has 8 nitrogen and oxygen atoms in total. The summed E-state index contributed by atoms with van der Waals surface area (Å²) in [4.78, 5) is 24.0. The molecule has 5 rings (SSSR count). The minimum absolute atomic E-state index is 0.161. The van der Waals surface area contributed by atoms with Crippen molar-refractivity contribution in [3.63, 3.8) is 0 Å². The first-order valence-electron chi connectivity index (χ1n) is 13.6. The summed E-state index contributed by atoms with van der Waals surface area (Å²) in [7, 11) is 6.00. The van der Waals surface area contributed by atoms with E-state index in [1.54, 1.807) is 36.5 Å². The summed E-state index contributed by atoms with van der Waals surface area (Å²) in [5.74, 6) is -1.41. The third-order valence-corrected chi connectivity index (χ3v) is 7.31. The summed E-state index contributed by atoms with van der Waals surface area (Å²) in [6.07, 6.45) is 5.04. The van der Waals surface area contributed by atoms with Gasteiger partial charge in [-0.25, -0.2) is 13.8 Å². The zero-order chi connectivity index (χ0) is 28.2. The van der Waals surface area contributed by atoms with Crippen molar-refractivity contribution in [1.29, 1.82) is 0 Å². The van der Waals surface area contributed by atoms with Crippen LogP contribution in [0.2, 0.25) is 0 Å². The van der Waals surface area contributed by atoms with Crippen LogP contribution in [0.3, 0.4) is 0 Å². The summed E-state index contributed by atoms with van der Waals surface area (Å²) >= 11 is 0. The summed E-state index contributed by atoms with van der Waals surface area (Å²) in [6.45, 7) is 4.20. The quantitative estimate of drug-likeness (QED) is 0.302. The number of benzene rings is 2. The zero-order valence-corrected chi connectivity index (χ0v) is 23.2. The molecule has 0 aliphatic carbocycles. The number of amides is 1. The predicted octanol–water partition coefficient (Wildman–Crippen LogP) is 5.14. The van der Waals surface area contributed by atoms with Gasteiger partial charge in [-0.15, -0.1) is 0 Å². The van der Waals surface area contributed by atoms with Gasteiger partial charge in [-0.3, -0.25) is 14.8 Å². The summed E-state index contributed by atoms with van der Waals surface area (Å²) in [6, 6.07) is 11.7. The number of likely N-dealkylation sites (N-methyl/N-ethyl adjacent to an activating group) is 2. The smallest absolute Gasteiger partial charge is 0.276 e. The van der Waals surface area contributed by atoms with Crippen LogP contribution < -0.4 is 10.2 Å². The number of hydrogen-bond acceptors (Lipinski definition) is 6. The molecule has 10 heteroatoms. The SMILES string of the molecule is CN(C)CCN(C)c1ccc(NC(=O)c2n[nH]c3ccc(-c4cc(CN5CCCCC5)cc(F)c4F)cc23)cn1. The largest absolute Gasteiger partial charge is 0.358 e. The van der Waals surface area contributed by atoms with Gasteiger partial charge in [0.05, 0.1) is 17.4 Å². The first-order chi connectivity index (χ1) is 19.3. The zero-order valence-electron chi connectivity index (χ0n) is 23.2. The molecule has 2 aromatic carbocycles. The Balaban J connectivity index is 1.36. The van der Waals surface area contributed by atoms with Crippen molar-refractivity contribution in [3.8, 4) is 11.1 Å². The molecule has 0 unspecified atom stereocenters. The molecule has 4 aromatic rings. The lowest BCUT2D eigenvalue weighted by Gasteiger charge is -2.26. The Morgan fingerprint density at radius 3 is 2.55 bits per heavy atom. The lowest BCUT2D eigenvalue weighted by molar-refractivity contribution is 0.102. The molecule has 40 heavy (non-hydrogen) atoms. The molecule has 2 N–H and O–H groups in total. The van der Waals surface area contributed by atoms with Gasteiger partial charge in [-0.2, -0.15) is 5.10 Å². The number of aromatic amines is 1. The van der Waals surface area contributed by atoms with Gasteiger partial charge in [0.25, 0.3) is 5.91 Å². The fraction of sp³-hybridized carbons (Fsp3) is 0.367. The topological polar surface area (TPSA) is 80.4 Å². The van der Waals surface area contributed by atoms with Crippen molar-refractivity contribution >= 4 is 28.3 Å². The number of likely N-dealkylation sites (tertiary alicyclic amines) is 1. The fourth-order valence-electron chi connectivity index (χ4n) is 5.02. The lowest BCUT2D eigenvalue weighted by Crippen LogP contribution is -2.29. The molecule has 2 aromatic heterocycles. The number of carbonyl (C=O) groups is 1. The maximum atomic E-state index is 15.0. The fourth-order valence-corrected chi connectivity index (χ4v) is 5.02. The van der Waals surface area contributed by atoms with E-state index >= 15 is 0 Å². The first-order valence-corrected chi connectivity index (χ1v) is 13.6. The Bertz CT molecular complexity index is 1480. The highest BCUT2D eigenvalue weighted by Crippen LogP contribution is 2.30. The molecule has 0 spiro atoms. The van der Waals surface area contributed by atoms with E-state index in [0.717, 1.165) is 50.4 Å². The van der Waals surface area contributed by atoms with Gasteiger partial charge in [0.2, 0.25) is 0 Å². The Hall–Kier alpha value is -3.89. The molecule has 1 fully saturated rings. The van der Waals surface area contributed by atoms with Gasteiger partial charge in [-0.05, 0) is 87.6 Å². The van der Waals surface area contributed by atoms with E-state index in [1.165, 1.54) is 12.5 Å². The molecular formula is C30H35F2N7O. The second kappa shape index (κ2) is 12.1. The van der Waals surface area contributed by atoms with Crippen LogP contribution in [0.15, 0.2) is 48.7 Å². The monoisotopic (exact) mass is 547 g/mol. The van der Waals surface area contributed by atoms with Crippen LogP contribution in [0.1, 0.15) is 35.3 Å². The molecule has 0 bridgehead atoms. The molecule has 0 saturated carbocycles. The Morgan fingerprint density at radius 1 is 1.02 bits per heavy atom. The number of fused-ring (bicyclic) bond motifs is 1. The van der Waals surface area contributed by atoms with Gasteiger partial charge in [0, 0.05) is 37.6 Å². The van der Waals surface area contributed by atoms with Gasteiger partial charge in [0.15, 0.2) is 17.3 Å². The number of halogens is 2. The highest BCUT2D eigenvalue weighted by Gasteiger charge is 2.19. The van der Waals surface area contributed by atoms with Crippen LogP contribution in [0.4, 0.5) is 20.3 Å². The number of pyridine rings is 1. The Labute approximate surface area is 233 Å². The molecule has 1 aliphatic rings. The van der Waals surface area contributed by atoms with Crippen LogP contribution >= 0.6 is 0 Å². The third-order valence-electron chi connectivity index (χ3n) is 7.31. The maximum Gasteiger partial charge on any atom is 0.276 e. The van der Waals surface area contributed by atoms with E-state index in [1.807, 2.05) is 32.1 Å². The van der Waals surface area contributed by atoms with Crippen LogP contribution in [-0.4, -0.2) is 78.2 Å². The van der Waals surface area contributed by atoms with Crippen molar-refractivity contribution in [3.05, 3.63) is 71.6 Å². The molecule has 0 radical (unpaired) electrons. The molecule has 3 heterocycles. The molecule has 1 aliphatic heterocycles. The number of aromatic nitrogens is 3. The number of anilines is 2. The number of rotatable bonds is 9. The highest BCUT2D eigenvalue weighted by atomic mass is 19.2. The van der Waals surface area contributed by atoms with Gasteiger partial charge in [-0.1, -0.05) is 12.5 Å². The van der Waals surface area contributed by atoms with E-state index in [0.29, 0.717) is 28.7 Å². The molecule has 1 saturated heterocycles.